The van der Waals surface area contributed by atoms with E-state index in [1.54, 1.807) is 11.7 Å². The van der Waals surface area contributed by atoms with Gasteiger partial charge < -0.3 is 16.0 Å². The Morgan fingerprint density at radius 3 is 2.64 bits per heavy atom. The second-order valence-corrected chi connectivity index (χ2v) is 9.76. The third-order valence-electron chi connectivity index (χ3n) is 6.18. The minimum Gasteiger partial charge on any atom is -0.389 e. The van der Waals surface area contributed by atoms with E-state index in [-0.39, 0.29) is 33.6 Å². The number of anilines is 3. The van der Waals surface area contributed by atoms with Crippen LogP contribution >= 0.6 is 11.3 Å². The Morgan fingerprint density at radius 2 is 1.94 bits per heavy atom. The van der Waals surface area contributed by atoms with Crippen molar-refractivity contribution in [2.75, 3.05) is 29.0 Å². The summed E-state index contributed by atoms with van der Waals surface area (Å²) in [6.07, 6.45) is -1.42. The number of halogens is 5. The van der Waals surface area contributed by atoms with E-state index in [1.807, 2.05) is 4.90 Å². The van der Waals surface area contributed by atoms with E-state index in [0.717, 1.165) is 23.5 Å². The van der Waals surface area contributed by atoms with Crippen LogP contribution in [-0.2, 0) is 7.05 Å². The van der Waals surface area contributed by atoms with Gasteiger partial charge in [-0.3, -0.25) is 9.48 Å². The van der Waals surface area contributed by atoms with Crippen molar-refractivity contribution in [1.29, 1.82) is 0 Å². The Hall–Kier alpha value is -3.22. The number of benzene rings is 1. The first-order chi connectivity index (χ1) is 17.0. The minimum absolute atomic E-state index is 0.00197. The molecule has 4 rings (SSSR count). The summed E-state index contributed by atoms with van der Waals surface area (Å²) in [5.41, 5.74) is 5.80. The molecule has 1 saturated heterocycles. The number of nitrogen functional groups attached to an aromatic ring is 1. The molecule has 1 atom stereocenters. The summed E-state index contributed by atoms with van der Waals surface area (Å²) in [6, 6.07) is 3.41. The lowest BCUT2D eigenvalue weighted by Gasteiger charge is -2.24. The molecule has 0 bridgehead atoms. The van der Waals surface area contributed by atoms with Crippen molar-refractivity contribution in [1.82, 2.24) is 14.8 Å². The fourth-order valence-corrected chi connectivity index (χ4v) is 5.29. The number of alkyl halides is 3. The van der Waals surface area contributed by atoms with Crippen molar-refractivity contribution in [3.8, 4) is 10.6 Å². The zero-order chi connectivity index (χ0) is 26.0. The maximum atomic E-state index is 14.2. The number of hydrogen-bond donors (Lipinski definition) is 2. The molecule has 13 heteroatoms. The van der Waals surface area contributed by atoms with Crippen LogP contribution in [0, 0.1) is 17.6 Å². The molecule has 0 unspecified atom stereocenters. The van der Waals surface area contributed by atoms with Crippen molar-refractivity contribution in [2.45, 2.75) is 38.3 Å². The third-order valence-corrected chi connectivity index (χ3v) is 7.09. The van der Waals surface area contributed by atoms with Gasteiger partial charge in [0.2, 0.25) is 0 Å². The number of thiazole rings is 1. The second kappa shape index (κ2) is 10.4. The van der Waals surface area contributed by atoms with Crippen molar-refractivity contribution in [3.63, 3.8) is 0 Å². The lowest BCUT2D eigenvalue weighted by molar-refractivity contribution is -0.137. The second-order valence-electron chi connectivity index (χ2n) is 8.73. The van der Waals surface area contributed by atoms with Gasteiger partial charge >= 0.3 is 6.18 Å². The molecule has 3 heterocycles. The summed E-state index contributed by atoms with van der Waals surface area (Å²) in [5, 5.41) is 6.88. The van der Waals surface area contributed by atoms with Crippen LogP contribution in [0.5, 0.6) is 0 Å². The normalized spacial score (nSPS) is 16.7. The Kier molecular flexibility index (Phi) is 7.48. The zero-order valence-electron chi connectivity index (χ0n) is 19.4. The van der Waals surface area contributed by atoms with Gasteiger partial charge in [0.15, 0.2) is 11.5 Å². The maximum Gasteiger partial charge on any atom is 0.389 e. The standard InChI is InChI=1S/C23H25F5N6OS/c1-33-22(34-10-3-4-13(8-11-34)7-9-23(26,27)28)16(12-30-33)31-20(35)18-19(29)36-21(32-18)17-14(24)5-2-6-15(17)25/h2,5-6,12-13H,3-4,7-11,29H2,1H3,(H,31,35)/t13-/m0/s1. The van der Waals surface area contributed by atoms with Crippen LogP contribution in [0.4, 0.5) is 38.5 Å². The Bertz CT molecular complexity index is 1220. The van der Waals surface area contributed by atoms with Gasteiger partial charge in [-0.05, 0) is 43.7 Å². The van der Waals surface area contributed by atoms with E-state index >= 15 is 0 Å². The SMILES string of the molecule is Cn1ncc(NC(=O)c2nc(-c3c(F)cccc3F)sc2N)c1N1CCC[C@@H](CCC(F)(F)F)CC1. The van der Waals surface area contributed by atoms with E-state index < -0.39 is 30.1 Å². The summed E-state index contributed by atoms with van der Waals surface area (Å²) >= 11 is 0.796. The topological polar surface area (TPSA) is 89.1 Å². The van der Waals surface area contributed by atoms with Gasteiger partial charge in [-0.25, -0.2) is 13.8 Å². The van der Waals surface area contributed by atoms with Gasteiger partial charge in [-0.15, -0.1) is 0 Å². The smallest absolute Gasteiger partial charge is 0.389 e. The number of nitrogens with two attached hydrogens (primary N) is 1. The molecule has 3 aromatic rings. The average Bonchev–Trinajstić information content (AvgIpc) is 3.25. The average molecular weight is 529 g/mol. The van der Waals surface area contributed by atoms with Crippen LogP contribution in [0.1, 0.15) is 42.6 Å². The van der Waals surface area contributed by atoms with E-state index in [2.05, 4.69) is 15.4 Å². The maximum absolute atomic E-state index is 14.2. The van der Waals surface area contributed by atoms with Gasteiger partial charge in [-0.1, -0.05) is 17.4 Å². The summed E-state index contributed by atoms with van der Waals surface area (Å²) in [7, 11) is 1.70. The molecule has 2 aromatic heterocycles. The van der Waals surface area contributed by atoms with Crippen molar-refractivity contribution < 1.29 is 26.7 Å². The molecule has 1 aliphatic heterocycles. The summed E-state index contributed by atoms with van der Waals surface area (Å²) < 4.78 is 67.8. The molecule has 7 nitrogen and oxygen atoms in total. The summed E-state index contributed by atoms with van der Waals surface area (Å²) in [4.78, 5) is 19.1. The molecular formula is C23H25F5N6OS. The van der Waals surface area contributed by atoms with E-state index in [0.29, 0.717) is 43.9 Å². The predicted octanol–water partition coefficient (Wildman–Crippen LogP) is 5.61. The van der Waals surface area contributed by atoms with E-state index in [1.165, 1.54) is 12.3 Å². The highest BCUT2D eigenvalue weighted by Gasteiger charge is 2.30. The lowest BCUT2D eigenvalue weighted by Crippen LogP contribution is -2.28. The number of hydrogen-bond acceptors (Lipinski definition) is 6. The first kappa shape index (κ1) is 25.9. The third kappa shape index (κ3) is 5.77. The molecule has 36 heavy (non-hydrogen) atoms. The van der Waals surface area contributed by atoms with Gasteiger partial charge in [0.1, 0.15) is 27.3 Å². The van der Waals surface area contributed by atoms with Gasteiger partial charge in [0, 0.05) is 26.6 Å². The monoisotopic (exact) mass is 528 g/mol. The quantitative estimate of drug-likeness (QED) is 0.407. The number of nitrogens with one attached hydrogen (secondary N) is 1. The number of aryl methyl sites for hydroxylation is 1. The van der Waals surface area contributed by atoms with Crippen LogP contribution in [-0.4, -0.2) is 39.9 Å². The van der Waals surface area contributed by atoms with Crippen LogP contribution < -0.4 is 16.0 Å². The summed E-state index contributed by atoms with van der Waals surface area (Å²) in [5.74, 6) is -1.73. The minimum atomic E-state index is -4.17. The number of rotatable bonds is 6. The van der Waals surface area contributed by atoms with E-state index in [9.17, 15) is 26.7 Å². The Morgan fingerprint density at radius 1 is 1.22 bits per heavy atom. The van der Waals surface area contributed by atoms with Crippen LogP contribution in [0.15, 0.2) is 24.4 Å². The summed E-state index contributed by atoms with van der Waals surface area (Å²) in [6.45, 7) is 1.11. The lowest BCUT2D eigenvalue weighted by atomic mass is 9.95. The molecule has 1 fully saturated rings. The van der Waals surface area contributed by atoms with Gasteiger partial charge in [0.05, 0.1) is 11.8 Å². The molecule has 194 valence electrons. The van der Waals surface area contributed by atoms with Crippen LogP contribution in [0.3, 0.4) is 0 Å². The highest BCUT2D eigenvalue weighted by molar-refractivity contribution is 7.19. The molecule has 1 aromatic carbocycles. The first-order valence-electron chi connectivity index (χ1n) is 11.4. The molecule has 0 radical (unpaired) electrons. The number of carbonyl (C=O) groups excluding carboxylic acids is 1. The Labute approximate surface area is 208 Å². The molecule has 1 amide bonds. The number of carbonyl (C=O) groups is 1. The van der Waals surface area contributed by atoms with Crippen LogP contribution in [0.2, 0.25) is 0 Å². The predicted molar refractivity (Wildman–Crippen MR) is 128 cm³/mol. The molecule has 0 aliphatic carbocycles. The number of aromatic nitrogens is 3. The van der Waals surface area contributed by atoms with Gasteiger partial charge in [-0.2, -0.15) is 18.3 Å². The fourth-order valence-electron chi connectivity index (χ4n) is 4.41. The first-order valence-corrected chi connectivity index (χ1v) is 12.2. The Balaban J connectivity index is 1.49. The molecule has 1 aliphatic rings. The zero-order valence-corrected chi connectivity index (χ0v) is 20.2. The van der Waals surface area contributed by atoms with Crippen LogP contribution in [0.25, 0.3) is 10.6 Å². The number of nitrogens with zero attached hydrogens (tertiary/aromatic N) is 4. The van der Waals surface area contributed by atoms with E-state index in [4.69, 9.17) is 5.73 Å². The molecular weight excluding hydrogens is 503 g/mol. The molecule has 0 saturated carbocycles. The fraction of sp³-hybridized carbons (Fsp3) is 0.435. The van der Waals surface area contributed by atoms with Gasteiger partial charge in [0.25, 0.3) is 5.91 Å². The van der Waals surface area contributed by atoms with Crippen molar-refractivity contribution in [2.24, 2.45) is 13.0 Å². The highest BCUT2D eigenvalue weighted by atomic mass is 32.1. The largest absolute Gasteiger partial charge is 0.389 e. The molecule has 0 spiro atoms. The van der Waals surface area contributed by atoms with Crippen molar-refractivity contribution in [3.05, 3.63) is 41.7 Å². The van der Waals surface area contributed by atoms with Crippen molar-refractivity contribution >= 4 is 33.8 Å². The number of amides is 1. The molecule has 3 N–H and O–H groups in total. The highest BCUT2D eigenvalue weighted by Crippen LogP contribution is 2.35.